The number of Topliss-reactive ketones (excluding diaryl/α,β-unsaturated/α-hetero) is 1. The fraction of sp³-hybridized carbons (Fsp3) is 0.667. The van der Waals surface area contributed by atoms with E-state index in [-0.39, 0.29) is 5.78 Å². The third kappa shape index (κ3) is 1.58. The molecule has 56 valence electrons. The van der Waals surface area contributed by atoms with E-state index in [1.807, 2.05) is 0 Å². The van der Waals surface area contributed by atoms with Crippen molar-refractivity contribution in [1.29, 1.82) is 0 Å². The van der Waals surface area contributed by atoms with E-state index in [0.29, 0.717) is 18.6 Å². The molecule has 0 saturated carbocycles. The molecule has 0 aromatic rings. The topological polar surface area (TPSA) is 54.4 Å². The number of hydrogen-bond acceptors (Lipinski definition) is 4. The molecule has 0 radical (unpaired) electrons. The maximum Gasteiger partial charge on any atom is 0.225 e. The Kier molecular flexibility index (Phi) is 2.45. The van der Waals surface area contributed by atoms with Gasteiger partial charge in [0.05, 0.1) is 0 Å². The van der Waals surface area contributed by atoms with Crippen molar-refractivity contribution >= 4 is 22.7 Å². The summed E-state index contributed by atoms with van der Waals surface area (Å²) < 4.78 is 0. The molecule has 1 aliphatic rings. The number of thioether (sulfide) groups is 1. The van der Waals surface area contributed by atoms with Gasteiger partial charge in [0.1, 0.15) is 0 Å². The predicted octanol–water partition coefficient (Wildman–Crippen LogP) is -0.0300. The smallest absolute Gasteiger partial charge is 0.225 e. The second-order valence-electron chi connectivity index (χ2n) is 2.14. The Labute approximate surface area is 62.8 Å². The highest BCUT2D eigenvalue weighted by Gasteiger charge is 2.25. The maximum atomic E-state index is 10.7. The second kappa shape index (κ2) is 3.16. The van der Waals surface area contributed by atoms with Gasteiger partial charge in [-0.05, 0) is 6.42 Å². The Hall–Kier alpha value is -0.350. The Morgan fingerprint density at radius 3 is 2.90 bits per heavy atom. The number of carbonyl (C=O) groups excluding carboxylic acids is 2. The lowest BCUT2D eigenvalue weighted by atomic mass is 10.1. The Balaban J connectivity index is 2.64. The van der Waals surface area contributed by atoms with Gasteiger partial charge < -0.3 is 5.11 Å². The normalized spacial score (nSPS) is 28.3. The fourth-order valence-corrected chi connectivity index (χ4v) is 1.55. The number of rotatable bonds is 0. The molecule has 1 fully saturated rings. The van der Waals surface area contributed by atoms with E-state index in [9.17, 15) is 9.59 Å². The first-order chi connectivity index (χ1) is 4.72. The van der Waals surface area contributed by atoms with Crippen molar-refractivity contribution in [1.82, 2.24) is 0 Å². The van der Waals surface area contributed by atoms with Crippen molar-refractivity contribution in [2.24, 2.45) is 0 Å². The van der Waals surface area contributed by atoms with E-state index >= 15 is 0 Å². The monoisotopic (exact) mass is 160 g/mol. The van der Waals surface area contributed by atoms with Crippen LogP contribution in [0.15, 0.2) is 0 Å². The standard InChI is InChI=1S/C6H8O3S/c7-4-2-1-3-10-6(9)5(4)8/h5,8H,1-3H2. The maximum absolute atomic E-state index is 10.7. The number of hydrogen-bond donors (Lipinski definition) is 1. The van der Waals surface area contributed by atoms with Crippen molar-refractivity contribution in [3.63, 3.8) is 0 Å². The van der Waals surface area contributed by atoms with Crippen LogP contribution in [0.1, 0.15) is 12.8 Å². The van der Waals surface area contributed by atoms with Gasteiger partial charge in [0.2, 0.25) is 5.12 Å². The molecule has 1 unspecified atom stereocenters. The highest BCUT2D eigenvalue weighted by atomic mass is 32.2. The molecular weight excluding hydrogens is 152 g/mol. The number of carbonyl (C=O) groups is 2. The van der Waals surface area contributed by atoms with Crippen molar-refractivity contribution < 1.29 is 14.7 Å². The van der Waals surface area contributed by atoms with E-state index < -0.39 is 11.2 Å². The summed E-state index contributed by atoms with van der Waals surface area (Å²) >= 11 is 1.04. The largest absolute Gasteiger partial charge is 0.377 e. The van der Waals surface area contributed by atoms with Gasteiger partial charge in [-0.3, -0.25) is 9.59 Å². The molecule has 3 nitrogen and oxygen atoms in total. The third-order valence-electron chi connectivity index (χ3n) is 1.34. The minimum absolute atomic E-state index is 0.333. The van der Waals surface area contributed by atoms with Crippen molar-refractivity contribution in [2.45, 2.75) is 18.9 Å². The molecule has 1 aliphatic heterocycles. The first kappa shape index (κ1) is 7.75. The Morgan fingerprint density at radius 1 is 1.50 bits per heavy atom. The summed E-state index contributed by atoms with van der Waals surface area (Å²) in [5.41, 5.74) is 0. The summed E-state index contributed by atoms with van der Waals surface area (Å²) in [6.45, 7) is 0. The van der Waals surface area contributed by atoms with Crippen LogP contribution in [0.4, 0.5) is 0 Å². The molecule has 0 aliphatic carbocycles. The summed E-state index contributed by atoms with van der Waals surface area (Å²) in [6, 6.07) is 0. The third-order valence-corrected chi connectivity index (χ3v) is 2.34. The van der Waals surface area contributed by atoms with Gasteiger partial charge >= 0.3 is 0 Å². The lowest BCUT2D eigenvalue weighted by Gasteiger charge is -1.99. The zero-order chi connectivity index (χ0) is 7.56. The molecule has 4 heteroatoms. The molecule has 0 amide bonds. The molecule has 0 aromatic heterocycles. The van der Waals surface area contributed by atoms with Crippen LogP contribution < -0.4 is 0 Å². The second-order valence-corrected chi connectivity index (χ2v) is 3.24. The van der Waals surface area contributed by atoms with Crippen LogP contribution in [-0.4, -0.2) is 27.9 Å². The quantitative estimate of drug-likeness (QED) is 0.505. The average molecular weight is 160 g/mol. The highest BCUT2D eigenvalue weighted by molar-refractivity contribution is 8.13. The SMILES string of the molecule is O=C1CCCSC(=O)C1O. The van der Waals surface area contributed by atoms with E-state index in [4.69, 9.17) is 5.11 Å². The van der Waals surface area contributed by atoms with Gasteiger partial charge in [0.15, 0.2) is 11.9 Å². The molecular formula is C6H8O3S. The summed E-state index contributed by atoms with van der Waals surface area (Å²) in [4.78, 5) is 21.5. The average Bonchev–Trinajstić information content (AvgIpc) is 2.04. The zero-order valence-corrected chi connectivity index (χ0v) is 6.19. The molecule has 1 atom stereocenters. The van der Waals surface area contributed by atoms with Gasteiger partial charge in [-0.1, -0.05) is 11.8 Å². The summed E-state index contributed by atoms with van der Waals surface area (Å²) in [7, 11) is 0. The van der Waals surface area contributed by atoms with Gasteiger partial charge in [0.25, 0.3) is 0 Å². The van der Waals surface area contributed by atoms with E-state index in [2.05, 4.69) is 0 Å². The minimum atomic E-state index is -1.35. The Bertz CT molecular complexity index is 148. The van der Waals surface area contributed by atoms with Crippen molar-refractivity contribution in [3.05, 3.63) is 0 Å². The van der Waals surface area contributed by atoms with E-state index in [0.717, 1.165) is 11.8 Å². The molecule has 0 spiro atoms. The zero-order valence-electron chi connectivity index (χ0n) is 5.37. The molecule has 1 heterocycles. The highest BCUT2D eigenvalue weighted by Crippen LogP contribution is 2.15. The van der Waals surface area contributed by atoms with Crippen molar-refractivity contribution in [2.75, 3.05) is 5.75 Å². The summed E-state index contributed by atoms with van der Waals surface area (Å²) in [5, 5.41) is 8.51. The van der Waals surface area contributed by atoms with Crippen LogP contribution in [0.2, 0.25) is 0 Å². The summed E-state index contributed by atoms with van der Waals surface area (Å²) in [5.74, 6) is 0.316. The molecule has 0 aromatic carbocycles. The van der Waals surface area contributed by atoms with Gasteiger partial charge in [-0.25, -0.2) is 0 Å². The Morgan fingerprint density at radius 2 is 2.20 bits per heavy atom. The first-order valence-corrected chi connectivity index (χ1v) is 4.08. The van der Waals surface area contributed by atoms with Crippen LogP contribution in [0.5, 0.6) is 0 Å². The molecule has 10 heavy (non-hydrogen) atoms. The lowest BCUT2D eigenvalue weighted by Crippen LogP contribution is -2.25. The number of aliphatic hydroxyl groups excluding tert-OH is 1. The molecule has 1 N–H and O–H groups in total. The molecule has 0 bridgehead atoms. The fourth-order valence-electron chi connectivity index (χ4n) is 0.766. The number of ketones is 1. The van der Waals surface area contributed by atoms with Crippen LogP contribution >= 0.6 is 11.8 Å². The lowest BCUT2D eigenvalue weighted by molar-refractivity contribution is -0.133. The predicted molar refractivity (Wildman–Crippen MR) is 37.7 cm³/mol. The van der Waals surface area contributed by atoms with Crippen LogP contribution in [0.3, 0.4) is 0 Å². The van der Waals surface area contributed by atoms with Gasteiger partial charge in [-0.15, -0.1) is 0 Å². The summed E-state index contributed by atoms with van der Waals surface area (Å²) in [6.07, 6.45) is -0.320. The van der Waals surface area contributed by atoms with Crippen LogP contribution in [0, 0.1) is 0 Å². The van der Waals surface area contributed by atoms with E-state index in [1.165, 1.54) is 0 Å². The minimum Gasteiger partial charge on any atom is -0.377 e. The number of aliphatic hydroxyl groups is 1. The molecule has 1 rings (SSSR count). The van der Waals surface area contributed by atoms with Crippen molar-refractivity contribution in [3.8, 4) is 0 Å². The van der Waals surface area contributed by atoms with Gasteiger partial charge in [-0.2, -0.15) is 0 Å². The first-order valence-electron chi connectivity index (χ1n) is 3.09. The van der Waals surface area contributed by atoms with E-state index in [1.54, 1.807) is 0 Å². The molecule has 1 saturated heterocycles. The van der Waals surface area contributed by atoms with Gasteiger partial charge in [0, 0.05) is 12.2 Å². The van der Waals surface area contributed by atoms with Crippen LogP contribution in [-0.2, 0) is 9.59 Å². The van der Waals surface area contributed by atoms with Crippen LogP contribution in [0.25, 0.3) is 0 Å².